The Morgan fingerprint density at radius 3 is 2.88 bits per heavy atom. The van der Waals surface area contributed by atoms with Gasteiger partial charge in [0.25, 0.3) is 0 Å². The van der Waals surface area contributed by atoms with Crippen molar-refractivity contribution in [2.75, 3.05) is 6.54 Å². The highest BCUT2D eigenvalue weighted by molar-refractivity contribution is 5.29. The molecule has 2 aliphatic rings. The molecule has 2 aliphatic carbocycles. The number of allylic oxidation sites excluding steroid dienone is 1. The zero-order valence-corrected chi connectivity index (χ0v) is 10.4. The number of hydrogen-bond acceptors (Lipinski definition) is 2. The molecular formula is C14H22N2. The van der Waals surface area contributed by atoms with Crippen LogP contribution in [-0.2, 0) is 0 Å². The minimum atomic E-state index is 0.162. The normalized spacial score (nSPS) is 39.0. The first kappa shape index (κ1) is 11.7. The molecule has 1 fully saturated rings. The average Bonchev–Trinajstić information content (AvgIpc) is 2.74. The van der Waals surface area contributed by atoms with Crippen LogP contribution in [0.1, 0.15) is 46.0 Å². The van der Waals surface area contributed by atoms with Crippen LogP contribution in [0.2, 0.25) is 0 Å². The summed E-state index contributed by atoms with van der Waals surface area (Å²) < 4.78 is 0. The molecule has 0 spiro atoms. The highest BCUT2D eigenvalue weighted by Crippen LogP contribution is 2.60. The Bertz CT molecular complexity index is 352. The fraction of sp³-hybridized carbons (Fsp3) is 0.786. The summed E-state index contributed by atoms with van der Waals surface area (Å²) in [6, 6.07) is 2.50. The minimum Gasteiger partial charge on any atom is -0.330 e. The van der Waals surface area contributed by atoms with Gasteiger partial charge in [0, 0.05) is 12.0 Å². The molecule has 88 valence electrons. The Morgan fingerprint density at radius 1 is 1.62 bits per heavy atom. The molecule has 3 atom stereocenters. The summed E-state index contributed by atoms with van der Waals surface area (Å²) in [6.45, 7) is 5.16. The number of hydrogen-bond donors (Lipinski definition) is 1. The first-order chi connectivity index (χ1) is 7.60. The first-order valence-electron chi connectivity index (χ1n) is 6.39. The van der Waals surface area contributed by atoms with Gasteiger partial charge in [-0.25, -0.2) is 0 Å². The predicted octanol–water partition coefficient (Wildman–Crippen LogP) is 3.00. The molecule has 2 rings (SSSR count). The molecule has 0 aliphatic heterocycles. The molecule has 0 saturated heterocycles. The monoisotopic (exact) mass is 218 g/mol. The fourth-order valence-corrected chi connectivity index (χ4v) is 3.92. The zero-order valence-electron chi connectivity index (χ0n) is 10.4. The van der Waals surface area contributed by atoms with Crippen molar-refractivity contribution in [2.24, 2.45) is 22.5 Å². The fourth-order valence-electron chi connectivity index (χ4n) is 3.92. The van der Waals surface area contributed by atoms with E-state index < -0.39 is 0 Å². The molecule has 0 amide bonds. The Labute approximate surface area is 98.5 Å². The Hall–Kier alpha value is -0.810. The highest BCUT2D eigenvalue weighted by Gasteiger charge is 2.52. The first-order valence-corrected chi connectivity index (χ1v) is 6.39. The molecule has 0 aromatic carbocycles. The van der Waals surface area contributed by atoms with Crippen molar-refractivity contribution in [3.05, 3.63) is 11.6 Å². The standard InChI is InChI=1S/C14H22N2/c1-3-11(8-15)13(2)7-12-5-4-6-14(12,9-13)10-16/h5,11H,3-4,6-7,9-10,16H2,1-2H3. The van der Waals surface area contributed by atoms with Gasteiger partial charge in [-0.05, 0) is 37.5 Å². The van der Waals surface area contributed by atoms with Crippen molar-refractivity contribution >= 4 is 0 Å². The third kappa shape index (κ3) is 1.50. The summed E-state index contributed by atoms with van der Waals surface area (Å²) in [4.78, 5) is 0. The highest BCUT2D eigenvalue weighted by atomic mass is 14.7. The molecule has 0 radical (unpaired) electrons. The predicted molar refractivity (Wildman–Crippen MR) is 65.5 cm³/mol. The second kappa shape index (κ2) is 3.89. The molecule has 0 bridgehead atoms. The number of nitriles is 1. The van der Waals surface area contributed by atoms with Gasteiger partial charge in [-0.1, -0.05) is 25.5 Å². The molecule has 2 N–H and O–H groups in total. The SMILES string of the molecule is CCC(C#N)C1(C)CC2=CCCC2(CN)C1. The third-order valence-electron chi connectivity index (χ3n) is 4.83. The number of rotatable bonds is 3. The van der Waals surface area contributed by atoms with Crippen LogP contribution in [0.25, 0.3) is 0 Å². The van der Waals surface area contributed by atoms with Crippen LogP contribution in [0.3, 0.4) is 0 Å². The van der Waals surface area contributed by atoms with E-state index in [2.05, 4.69) is 26.0 Å². The molecular weight excluding hydrogens is 196 g/mol. The molecule has 2 nitrogen and oxygen atoms in total. The maximum absolute atomic E-state index is 9.27. The van der Waals surface area contributed by atoms with Crippen LogP contribution in [0.15, 0.2) is 11.6 Å². The number of nitrogens with zero attached hydrogens (tertiary/aromatic N) is 1. The van der Waals surface area contributed by atoms with Gasteiger partial charge >= 0.3 is 0 Å². The lowest BCUT2D eigenvalue weighted by molar-refractivity contribution is 0.191. The van der Waals surface area contributed by atoms with Gasteiger partial charge in [0.15, 0.2) is 0 Å². The van der Waals surface area contributed by atoms with Crippen molar-refractivity contribution in [3.8, 4) is 6.07 Å². The van der Waals surface area contributed by atoms with Crippen molar-refractivity contribution in [1.82, 2.24) is 0 Å². The van der Waals surface area contributed by atoms with Gasteiger partial charge in [-0.15, -0.1) is 0 Å². The molecule has 0 aromatic rings. The molecule has 3 unspecified atom stereocenters. The van der Waals surface area contributed by atoms with Crippen LogP contribution in [0.4, 0.5) is 0 Å². The minimum absolute atomic E-state index is 0.162. The van der Waals surface area contributed by atoms with Crippen molar-refractivity contribution in [3.63, 3.8) is 0 Å². The second-order valence-electron chi connectivity index (χ2n) is 5.85. The number of fused-ring (bicyclic) bond motifs is 1. The van der Waals surface area contributed by atoms with Crippen LogP contribution < -0.4 is 5.73 Å². The molecule has 0 heterocycles. The maximum atomic E-state index is 9.27. The lowest BCUT2D eigenvalue weighted by Crippen LogP contribution is -2.31. The summed E-state index contributed by atoms with van der Waals surface area (Å²) in [7, 11) is 0. The van der Waals surface area contributed by atoms with E-state index in [0.29, 0.717) is 0 Å². The van der Waals surface area contributed by atoms with Crippen LogP contribution >= 0.6 is 0 Å². The Balaban J connectivity index is 2.27. The summed E-state index contributed by atoms with van der Waals surface area (Å²) >= 11 is 0. The van der Waals surface area contributed by atoms with Crippen LogP contribution in [0, 0.1) is 28.1 Å². The largest absolute Gasteiger partial charge is 0.330 e. The van der Waals surface area contributed by atoms with Gasteiger partial charge in [-0.3, -0.25) is 0 Å². The molecule has 2 heteroatoms. The molecule has 1 saturated carbocycles. The summed E-state index contributed by atoms with van der Waals surface area (Å²) in [5.74, 6) is 0.183. The van der Waals surface area contributed by atoms with E-state index in [-0.39, 0.29) is 16.7 Å². The summed E-state index contributed by atoms with van der Waals surface area (Å²) in [6.07, 6.45) is 7.94. The van der Waals surface area contributed by atoms with Crippen molar-refractivity contribution in [2.45, 2.75) is 46.0 Å². The quantitative estimate of drug-likeness (QED) is 0.740. The van der Waals surface area contributed by atoms with Crippen molar-refractivity contribution < 1.29 is 0 Å². The van der Waals surface area contributed by atoms with Gasteiger partial charge < -0.3 is 5.73 Å². The van der Waals surface area contributed by atoms with E-state index in [9.17, 15) is 5.26 Å². The van der Waals surface area contributed by atoms with Gasteiger partial charge in [-0.2, -0.15) is 5.26 Å². The van der Waals surface area contributed by atoms with E-state index >= 15 is 0 Å². The number of nitrogens with two attached hydrogens (primary N) is 1. The van der Waals surface area contributed by atoms with Gasteiger partial charge in [0.05, 0.1) is 12.0 Å². The Kier molecular flexibility index (Phi) is 2.84. The van der Waals surface area contributed by atoms with E-state index in [1.807, 2.05) is 0 Å². The van der Waals surface area contributed by atoms with E-state index in [4.69, 9.17) is 5.73 Å². The summed E-state index contributed by atoms with van der Waals surface area (Å²) in [5, 5.41) is 9.27. The smallest absolute Gasteiger partial charge is 0.0661 e. The Morgan fingerprint density at radius 2 is 2.38 bits per heavy atom. The molecule has 0 aromatic heterocycles. The lowest BCUT2D eigenvalue weighted by atomic mass is 9.71. The third-order valence-corrected chi connectivity index (χ3v) is 4.83. The van der Waals surface area contributed by atoms with Crippen molar-refractivity contribution in [1.29, 1.82) is 5.26 Å². The molecule has 16 heavy (non-hydrogen) atoms. The summed E-state index contributed by atoms with van der Waals surface area (Å²) in [5.41, 5.74) is 7.95. The van der Waals surface area contributed by atoms with Gasteiger partial charge in [0.1, 0.15) is 0 Å². The maximum Gasteiger partial charge on any atom is 0.0661 e. The van der Waals surface area contributed by atoms with E-state index in [1.165, 1.54) is 12.8 Å². The lowest BCUT2D eigenvalue weighted by Gasteiger charge is -2.32. The second-order valence-corrected chi connectivity index (χ2v) is 5.85. The van der Waals surface area contributed by atoms with Crippen LogP contribution in [-0.4, -0.2) is 6.54 Å². The van der Waals surface area contributed by atoms with Gasteiger partial charge in [0.2, 0.25) is 0 Å². The topological polar surface area (TPSA) is 49.8 Å². The van der Waals surface area contributed by atoms with Crippen LogP contribution in [0.5, 0.6) is 0 Å². The van der Waals surface area contributed by atoms with E-state index in [0.717, 1.165) is 25.8 Å². The average molecular weight is 218 g/mol. The van der Waals surface area contributed by atoms with E-state index in [1.54, 1.807) is 5.57 Å². The zero-order chi connectivity index (χ0) is 11.8.